The summed E-state index contributed by atoms with van der Waals surface area (Å²) in [6, 6.07) is 8.41. The molecule has 106 valence electrons. The SMILES string of the molecule is OCCCCCNc1c2c(nc3ccccc13)CCC2. The summed E-state index contributed by atoms with van der Waals surface area (Å²) in [6.07, 6.45) is 6.56. The Labute approximate surface area is 120 Å². The van der Waals surface area contributed by atoms with Crippen molar-refractivity contribution < 1.29 is 5.11 Å². The van der Waals surface area contributed by atoms with E-state index in [1.807, 2.05) is 0 Å². The third kappa shape index (κ3) is 2.63. The largest absolute Gasteiger partial charge is 0.396 e. The number of aromatic nitrogens is 1. The molecule has 3 heteroatoms. The zero-order valence-electron chi connectivity index (χ0n) is 11.9. The Morgan fingerprint density at radius 1 is 1.10 bits per heavy atom. The summed E-state index contributed by atoms with van der Waals surface area (Å²) in [7, 11) is 0. The van der Waals surface area contributed by atoms with Crippen molar-refractivity contribution in [2.45, 2.75) is 38.5 Å². The third-order valence-electron chi connectivity index (χ3n) is 4.06. The highest BCUT2D eigenvalue weighted by atomic mass is 16.2. The number of anilines is 1. The number of aryl methyl sites for hydroxylation is 1. The molecule has 1 aromatic carbocycles. The van der Waals surface area contributed by atoms with Gasteiger partial charge in [-0.15, -0.1) is 0 Å². The van der Waals surface area contributed by atoms with E-state index in [1.54, 1.807) is 0 Å². The molecule has 1 heterocycles. The van der Waals surface area contributed by atoms with Gasteiger partial charge in [0.05, 0.1) is 5.52 Å². The van der Waals surface area contributed by atoms with E-state index < -0.39 is 0 Å². The minimum atomic E-state index is 0.299. The summed E-state index contributed by atoms with van der Waals surface area (Å²) in [5.41, 5.74) is 5.10. The Morgan fingerprint density at radius 2 is 2.00 bits per heavy atom. The van der Waals surface area contributed by atoms with Crippen LogP contribution in [-0.4, -0.2) is 23.2 Å². The summed E-state index contributed by atoms with van der Waals surface area (Å²) in [6.45, 7) is 1.27. The maximum atomic E-state index is 8.82. The zero-order chi connectivity index (χ0) is 13.8. The molecule has 2 aromatic rings. The molecule has 0 amide bonds. The first-order chi connectivity index (χ1) is 9.90. The van der Waals surface area contributed by atoms with E-state index in [4.69, 9.17) is 10.1 Å². The number of para-hydroxylation sites is 1. The Bertz CT molecular complexity index is 595. The van der Waals surface area contributed by atoms with Gasteiger partial charge in [-0.05, 0) is 50.2 Å². The molecule has 0 aliphatic heterocycles. The summed E-state index contributed by atoms with van der Waals surface area (Å²) in [5, 5.41) is 13.7. The first-order valence-corrected chi connectivity index (χ1v) is 7.65. The van der Waals surface area contributed by atoms with Crippen molar-refractivity contribution in [3.63, 3.8) is 0 Å². The van der Waals surface area contributed by atoms with Gasteiger partial charge >= 0.3 is 0 Å². The van der Waals surface area contributed by atoms with Crippen LogP contribution in [0.15, 0.2) is 24.3 Å². The average Bonchev–Trinajstić information content (AvgIpc) is 2.94. The van der Waals surface area contributed by atoms with Crippen molar-refractivity contribution in [2.75, 3.05) is 18.5 Å². The Kier molecular flexibility index (Phi) is 4.16. The monoisotopic (exact) mass is 270 g/mol. The van der Waals surface area contributed by atoms with Crippen molar-refractivity contribution in [1.29, 1.82) is 0 Å². The molecule has 1 aliphatic carbocycles. The zero-order valence-corrected chi connectivity index (χ0v) is 11.9. The molecule has 0 atom stereocenters. The maximum absolute atomic E-state index is 8.82. The van der Waals surface area contributed by atoms with Gasteiger partial charge in [-0.1, -0.05) is 18.2 Å². The van der Waals surface area contributed by atoms with Crippen LogP contribution in [0.5, 0.6) is 0 Å². The van der Waals surface area contributed by atoms with E-state index in [9.17, 15) is 0 Å². The lowest BCUT2D eigenvalue weighted by Gasteiger charge is -2.14. The number of aliphatic hydroxyl groups is 1. The number of pyridine rings is 1. The Hall–Kier alpha value is -1.61. The molecule has 2 N–H and O–H groups in total. The van der Waals surface area contributed by atoms with Crippen molar-refractivity contribution in [2.24, 2.45) is 0 Å². The van der Waals surface area contributed by atoms with Crippen LogP contribution >= 0.6 is 0 Å². The minimum absolute atomic E-state index is 0.299. The van der Waals surface area contributed by atoms with Gasteiger partial charge in [-0.25, -0.2) is 0 Å². The number of nitrogens with zero attached hydrogens (tertiary/aromatic N) is 1. The number of benzene rings is 1. The van der Waals surface area contributed by atoms with E-state index in [2.05, 4.69) is 29.6 Å². The van der Waals surface area contributed by atoms with Crippen LogP contribution in [0.25, 0.3) is 10.9 Å². The number of aliphatic hydroxyl groups excluding tert-OH is 1. The van der Waals surface area contributed by atoms with Crippen molar-refractivity contribution >= 4 is 16.6 Å². The van der Waals surface area contributed by atoms with E-state index in [1.165, 1.54) is 28.8 Å². The number of nitrogens with one attached hydrogen (secondary N) is 1. The second-order valence-electron chi connectivity index (χ2n) is 5.49. The second kappa shape index (κ2) is 6.23. The smallest absolute Gasteiger partial charge is 0.0726 e. The molecule has 0 unspecified atom stereocenters. The van der Waals surface area contributed by atoms with Gasteiger partial charge < -0.3 is 10.4 Å². The summed E-state index contributed by atoms with van der Waals surface area (Å²) >= 11 is 0. The normalized spacial score (nSPS) is 13.7. The van der Waals surface area contributed by atoms with Crippen LogP contribution in [-0.2, 0) is 12.8 Å². The van der Waals surface area contributed by atoms with Gasteiger partial charge in [0.2, 0.25) is 0 Å². The Morgan fingerprint density at radius 3 is 2.90 bits per heavy atom. The fraction of sp³-hybridized carbons (Fsp3) is 0.471. The maximum Gasteiger partial charge on any atom is 0.0726 e. The molecule has 20 heavy (non-hydrogen) atoms. The topological polar surface area (TPSA) is 45.1 Å². The van der Waals surface area contributed by atoms with Crippen molar-refractivity contribution in [3.8, 4) is 0 Å². The van der Waals surface area contributed by atoms with Crippen molar-refractivity contribution in [3.05, 3.63) is 35.5 Å². The molecule has 0 spiro atoms. The molecule has 0 saturated heterocycles. The molecule has 1 aliphatic rings. The number of hydrogen-bond donors (Lipinski definition) is 2. The molecule has 3 nitrogen and oxygen atoms in total. The molecule has 1 aromatic heterocycles. The molecule has 0 saturated carbocycles. The number of unbranched alkanes of at least 4 members (excludes halogenated alkanes) is 2. The number of rotatable bonds is 6. The highest BCUT2D eigenvalue weighted by Crippen LogP contribution is 2.33. The molecule has 0 fully saturated rings. The van der Waals surface area contributed by atoms with Gasteiger partial charge in [0.15, 0.2) is 0 Å². The molecule has 3 rings (SSSR count). The summed E-state index contributed by atoms with van der Waals surface area (Å²) < 4.78 is 0. The fourth-order valence-electron chi connectivity index (χ4n) is 3.04. The minimum Gasteiger partial charge on any atom is -0.396 e. The van der Waals surface area contributed by atoms with Gasteiger partial charge in [0.25, 0.3) is 0 Å². The van der Waals surface area contributed by atoms with Crippen LogP contribution in [0.3, 0.4) is 0 Å². The predicted molar refractivity (Wildman–Crippen MR) is 83.2 cm³/mol. The second-order valence-corrected chi connectivity index (χ2v) is 5.49. The van der Waals surface area contributed by atoms with Crippen LogP contribution in [0.1, 0.15) is 36.9 Å². The Balaban J connectivity index is 1.84. The van der Waals surface area contributed by atoms with Crippen LogP contribution in [0.2, 0.25) is 0 Å². The van der Waals surface area contributed by atoms with Crippen LogP contribution in [0, 0.1) is 0 Å². The lowest BCUT2D eigenvalue weighted by molar-refractivity contribution is 0.283. The first kappa shape index (κ1) is 13.4. The van der Waals surface area contributed by atoms with Gasteiger partial charge in [0.1, 0.15) is 0 Å². The molecule has 0 radical (unpaired) electrons. The molecular formula is C17H22N2O. The lowest BCUT2D eigenvalue weighted by Crippen LogP contribution is -2.06. The van der Waals surface area contributed by atoms with Crippen LogP contribution < -0.4 is 5.32 Å². The number of fused-ring (bicyclic) bond motifs is 2. The van der Waals surface area contributed by atoms with Crippen molar-refractivity contribution in [1.82, 2.24) is 4.98 Å². The van der Waals surface area contributed by atoms with E-state index in [0.29, 0.717) is 6.61 Å². The fourth-order valence-corrected chi connectivity index (χ4v) is 3.04. The first-order valence-electron chi connectivity index (χ1n) is 7.65. The number of hydrogen-bond acceptors (Lipinski definition) is 3. The molecule has 0 bridgehead atoms. The summed E-state index contributed by atoms with van der Waals surface area (Å²) in [4.78, 5) is 4.80. The molecular weight excluding hydrogens is 248 g/mol. The summed E-state index contributed by atoms with van der Waals surface area (Å²) in [5.74, 6) is 0. The van der Waals surface area contributed by atoms with E-state index in [-0.39, 0.29) is 0 Å². The quantitative estimate of drug-likeness (QED) is 0.792. The van der Waals surface area contributed by atoms with Crippen LogP contribution in [0.4, 0.5) is 5.69 Å². The predicted octanol–water partition coefficient (Wildman–Crippen LogP) is 3.30. The standard InChI is InChI=1S/C17H22N2O/c20-12-5-1-4-11-18-17-13-7-2-3-9-15(13)19-16-10-6-8-14(16)17/h2-3,7,9,20H,1,4-6,8,10-12H2,(H,18,19). The highest BCUT2D eigenvalue weighted by Gasteiger charge is 2.18. The van der Waals surface area contributed by atoms with Gasteiger partial charge in [-0.2, -0.15) is 0 Å². The highest BCUT2D eigenvalue weighted by molar-refractivity contribution is 5.93. The average molecular weight is 270 g/mol. The third-order valence-corrected chi connectivity index (χ3v) is 4.06. The van der Waals surface area contributed by atoms with Gasteiger partial charge in [-0.3, -0.25) is 4.98 Å². The van der Waals surface area contributed by atoms with E-state index >= 15 is 0 Å². The van der Waals surface area contributed by atoms with Gasteiger partial charge in [0, 0.05) is 29.9 Å². The van der Waals surface area contributed by atoms with E-state index in [0.717, 1.165) is 44.2 Å². The lowest BCUT2D eigenvalue weighted by atomic mass is 10.1.